The van der Waals surface area contributed by atoms with Crippen LogP contribution in [0.25, 0.3) is 0 Å². The quantitative estimate of drug-likeness (QED) is 0.367. The van der Waals surface area contributed by atoms with Crippen molar-refractivity contribution in [2.24, 2.45) is 5.73 Å². The molecule has 0 aliphatic rings. The molecule has 0 aromatic heterocycles. The van der Waals surface area contributed by atoms with Crippen LogP contribution in [-0.4, -0.2) is 12.6 Å². The fourth-order valence-electron chi connectivity index (χ4n) is 1.76. The maximum Gasteiger partial charge on any atom is 0.189 e. The molecular formula is C16H18N2O2. The maximum absolute atomic E-state index is 7.42. The van der Waals surface area contributed by atoms with Crippen LogP contribution in [0.1, 0.15) is 16.7 Å². The van der Waals surface area contributed by atoms with Crippen LogP contribution in [0.2, 0.25) is 0 Å². The Morgan fingerprint density at radius 1 is 1.15 bits per heavy atom. The first-order valence-corrected chi connectivity index (χ1v) is 6.36. The average molecular weight is 270 g/mol. The fourth-order valence-corrected chi connectivity index (χ4v) is 1.76. The zero-order valence-electron chi connectivity index (χ0n) is 11.4. The molecule has 0 radical (unpaired) electrons. The number of ether oxygens (including phenoxy) is 2. The van der Waals surface area contributed by atoms with Crippen LogP contribution in [0, 0.1) is 12.3 Å². The van der Waals surface area contributed by atoms with Crippen molar-refractivity contribution in [1.82, 2.24) is 0 Å². The molecule has 4 heteroatoms. The van der Waals surface area contributed by atoms with Gasteiger partial charge in [-0.05, 0) is 24.1 Å². The van der Waals surface area contributed by atoms with Crippen LogP contribution in [0.5, 0.6) is 5.75 Å². The average Bonchev–Trinajstić information content (AvgIpc) is 2.46. The number of hydrogen-bond acceptors (Lipinski definition) is 3. The Hall–Kier alpha value is -2.33. The number of nitrogens with two attached hydrogens (primary N) is 1. The number of rotatable bonds is 6. The van der Waals surface area contributed by atoms with Gasteiger partial charge < -0.3 is 15.2 Å². The van der Waals surface area contributed by atoms with Gasteiger partial charge in [-0.3, -0.25) is 5.41 Å². The van der Waals surface area contributed by atoms with E-state index in [1.807, 2.05) is 43.3 Å². The zero-order valence-corrected chi connectivity index (χ0v) is 11.4. The molecule has 2 aromatic carbocycles. The largest absolute Gasteiger partial charge is 0.467 e. The summed E-state index contributed by atoms with van der Waals surface area (Å²) < 4.78 is 11.0. The predicted octanol–water partition coefficient (Wildman–Crippen LogP) is 2.83. The summed E-state index contributed by atoms with van der Waals surface area (Å²) in [6.07, 6.45) is 0. The molecule has 3 N–H and O–H groups in total. The molecule has 0 unspecified atom stereocenters. The second-order valence-corrected chi connectivity index (χ2v) is 4.49. The number of amidine groups is 1. The van der Waals surface area contributed by atoms with Gasteiger partial charge in [0.05, 0.1) is 6.61 Å². The Morgan fingerprint density at radius 2 is 1.90 bits per heavy atom. The summed E-state index contributed by atoms with van der Waals surface area (Å²) >= 11 is 0. The SMILES string of the molecule is Cc1ccc(C(=N)N)cc1OCOCc1ccccc1. The molecule has 0 amide bonds. The van der Waals surface area contributed by atoms with Crippen molar-refractivity contribution >= 4 is 5.84 Å². The van der Waals surface area contributed by atoms with E-state index in [1.54, 1.807) is 12.1 Å². The summed E-state index contributed by atoms with van der Waals surface area (Å²) in [6.45, 7) is 2.61. The van der Waals surface area contributed by atoms with Crippen molar-refractivity contribution in [3.05, 3.63) is 65.2 Å². The fraction of sp³-hybridized carbons (Fsp3) is 0.188. The minimum Gasteiger partial charge on any atom is -0.467 e. The maximum atomic E-state index is 7.42. The molecule has 0 saturated heterocycles. The minimum atomic E-state index is 0.0278. The smallest absolute Gasteiger partial charge is 0.189 e. The Balaban J connectivity index is 1.88. The van der Waals surface area contributed by atoms with E-state index in [-0.39, 0.29) is 12.6 Å². The van der Waals surface area contributed by atoms with Gasteiger partial charge in [-0.25, -0.2) is 0 Å². The van der Waals surface area contributed by atoms with Gasteiger partial charge in [0.25, 0.3) is 0 Å². The van der Waals surface area contributed by atoms with E-state index in [4.69, 9.17) is 20.6 Å². The van der Waals surface area contributed by atoms with Gasteiger partial charge in [-0.15, -0.1) is 0 Å². The second kappa shape index (κ2) is 6.73. The van der Waals surface area contributed by atoms with E-state index < -0.39 is 0 Å². The summed E-state index contributed by atoms with van der Waals surface area (Å²) in [6, 6.07) is 15.3. The highest BCUT2D eigenvalue weighted by atomic mass is 16.7. The minimum absolute atomic E-state index is 0.0278. The second-order valence-electron chi connectivity index (χ2n) is 4.49. The first-order chi connectivity index (χ1) is 9.66. The number of nitrogen functional groups attached to an aromatic ring is 1. The molecule has 104 valence electrons. The van der Waals surface area contributed by atoms with E-state index in [1.165, 1.54) is 0 Å². The van der Waals surface area contributed by atoms with Crippen LogP contribution in [0.4, 0.5) is 0 Å². The molecule has 0 bridgehead atoms. The van der Waals surface area contributed by atoms with E-state index in [2.05, 4.69) is 0 Å². The summed E-state index contributed by atoms with van der Waals surface area (Å²) in [7, 11) is 0. The summed E-state index contributed by atoms with van der Waals surface area (Å²) in [5.41, 5.74) is 8.19. The molecule has 20 heavy (non-hydrogen) atoms. The van der Waals surface area contributed by atoms with Gasteiger partial charge in [0.15, 0.2) is 6.79 Å². The topological polar surface area (TPSA) is 68.3 Å². The van der Waals surface area contributed by atoms with Crippen molar-refractivity contribution < 1.29 is 9.47 Å². The zero-order chi connectivity index (χ0) is 14.4. The van der Waals surface area contributed by atoms with Crippen molar-refractivity contribution in [3.63, 3.8) is 0 Å². The van der Waals surface area contributed by atoms with Gasteiger partial charge in [0, 0.05) is 5.56 Å². The first-order valence-electron chi connectivity index (χ1n) is 6.36. The Labute approximate surface area is 118 Å². The Bertz CT molecular complexity index is 582. The van der Waals surface area contributed by atoms with Gasteiger partial charge in [0.1, 0.15) is 11.6 Å². The van der Waals surface area contributed by atoms with E-state index in [9.17, 15) is 0 Å². The van der Waals surface area contributed by atoms with E-state index >= 15 is 0 Å². The van der Waals surface area contributed by atoms with Crippen LogP contribution >= 0.6 is 0 Å². The normalized spacial score (nSPS) is 10.2. The first kappa shape index (κ1) is 14.1. The highest BCUT2D eigenvalue weighted by molar-refractivity contribution is 5.95. The molecule has 0 spiro atoms. The molecular weight excluding hydrogens is 252 g/mol. The van der Waals surface area contributed by atoms with Crippen molar-refractivity contribution in [2.45, 2.75) is 13.5 Å². The lowest BCUT2D eigenvalue weighted by atomic mass is 10.1. The summed E-state index contributed by atoms with van der Waals surface area (Å²) in [5.74, 6) is 0.714. The monoisotopic (exact) mass is 270 g/mol. The molecule has 4 nitrogen and oxygen atoms in total. The molecule has 0 heterocycles. The number of nitrogens with one attached hydrogen (secondary N) is 1. The molecule has 0 atom stereocenters. The third kappa shape index (κ3) is 3.83. The lowest BCUT2D eigenvalue weighted by Crippen LogP contribution is -2.11. The predicted molar refractivity (Wildman–Crippen MR) is 78.9 cm³/mol. The molecule has 0 saturated carbocycles. The van der Waals surface area contributed by atoms with E-state index in [0.29, 0.717) is 17.9 Å². The lowest BCUT2D eigenvalue weighted by Gasteiger charge is -2.11. The van der Waals surface area contributed by atoms with Crippen molar-refractivity contribution in [3.8, 4) is 5.75 Å². The van der Waals surface area contributed by atoms with Crippen LogP contribution in [-0.2, 0) is 11.3 Å². The van der Waals surface area contributed by atoms with Gasteiger partial charge in [-0.2, -0.15) is 0 Å². The highest BCUT2D eigenvalue weighted by Gasteiger charge is 2.03. The van der Waals surface area contributed by atoms with Gasteiger partial charge in [-0.1, -0.05) is 42.5 Å². The highest BCUT2D eigenvalue weighted by Crippen LogP contribution is 2.19. The number of hydrogen-bond donors (Lipinski definition) is 2. The molecule has 2 rings (SSSR count). The summed E-state index contributed by atoms with van der Waals surface area (Å²) in [4.78, 5) is 0. The number of benzene rings is 2. The van der Waals surface area contributed by atoms with Crippen LogP contribution in [0.3, 0.4) is 0 Å². The third-order valence-corrected chi connectivity index (χ3v) is 2.91. The standard InChI is InChI=1S/C16H18N2O2/c1-12-7-8-14(16(17)18)9-15(12)20-11-19-10-13-5-3-2-4-6-13/h2-9H,10-11H2,1H3,(H3,17,18). The van der Waals surface area contributed by atoms with Gasteiger partial charge >= 0.3 is 0 Å². The Kier molecular flexibility index (Phi) is 4.74. The lowest BCUT2D eigenvalue weighted by molar-refractivity contribution is 0.00467. The third-order valence-electron chi connectivity index (χ3n) is 2.91. The summed E-state index contributed by atoms with van der Waals surface area (Å²) in [5, 5.41) is 7.42. The molecule has 0 aliphatic carbocycles. The van der Waals surface area contributed by atoms with Gasteiger partial charge in [0.2, 0.25) is 0 Å². The molecule has 2 aromatic rings. The van der Waals surface area contributed by atoms with E-state index in [0.717, 1.165) is 11.1 Å². The van der Waals surface area contributed by atoms with Crippen LogP contribution < -0.4 is 10.5 Å². The molecule has 0 aliphatic heterocycles. The molecule has 0 fully saturated rings. The van der Waals surface area contributed by atoms with Crippen molar-refractivity contribution in [1.29, 1.82) is 5.41 Å². The van der Waals surface area contributed by atoms with Crippen molar-refractivity contribution in [2.75, 3.05) is 6.79 Å². The number of aryl methyl sites for hydroxylation is 1. The van der Waals surface area contributed by atoms with Crippen LogP contribution in [0.15, 0.2) is 48.5 Å². The Morgan fingerprint density at radius 3 is 2.60 bits per heavy atom.